The molecular weight excluding hydrogens is 272 g/mol. The van der Waals surface area contributed by atoms with Gasteiger partial charge in [0.15, 0.2) is 0 Å². The highest BCUT2D eigenvalue weighted by Gasteiger charge is 2.18. The largest absolute Gasteiger partial charge is 0.312 e. The highest BCUT2D eigenvalue weighted by Crippen LogP contribution is 2.25. The van der Waals surface area contributed by atoms with Gasteiger partial charge in [0.05, 0.1) is 10.6 Å². The summed E-state index contributed by atoms with van der Waals surface area (Å²) in [6, 6.07) is 14.2. The van der Waals surface area contributed by atoms with Crippen molar-refractivity contribution in [2.75, 3.05) is 11.3 Å². The fourth-order valence-corrected chi connectivity index (χ4v) is 3.53. The molecule has 3 rings (SSSR count). The predicted octanol–water partition coefficient (Wildman–Crippen LogP) is 2.13. The maximum absolute atomic E-state index is 12.4. The smallest absolute Gasteiger partial charge is 0.261 e. The predicted molar refractivity (Wildman–Crippen MR) is 79.1 cm³/mol. The van der Waals surface area contributed by atoms with E-state index in [4.69, 9.17) is 0 Å². The monoisotopic (exact) mass is 288 g/mol. The summed E-state index contributed by atoms with van der Waals surface area (Å²) in [6.07, 6.45) is 0.927. The van der Waals surface area contributed by atoms with E-state index in [1.165, 1.54) is 5.56 Å². The van der Waals surface area contributed by atoms with Gasteiger partial charge in [0.2, 0.25) is 0 Å². The summed E-state index contributed by atoms with van der Waals surface area (Å²) < 4.78 is 27.4. The SMILES string of the molecule is O=S(=O)(Nc1cccc2c1CNCC2)c1ccccc1. The molecule has 4 nitrogen and oxygen atoms in total. The molecule has 0 saturated heterocycles. The van der Waals surface area contributed by atoms with Crippen LogP contribution in [-0.2, 0) is 23.0 Å². The summed E-state index contributed by atoms with van der Waals surface area (Å²) in [6.45, 7) is 1.63. The number of sulfonamides is 1. The molecule has 0 amide bonds. The second kappa shape index (κ2) is 5.26. The minimum atomic E-state index is -3.52. The second-order valence-electron chi connectivity index (χ2n) is 4.79. The van der Waals surface area contributed by atoms with E-state index in [9.17, 15) is 8.42 Å². The Morgan fingerprint density at radius 2 is 1.80 bits per heavy atom. The molecule has 1 aliphatic rings. The molecular formula is C15H16N2O2S. The molecule has 0 aromatic heterocycles. The average Bonchev–Trinajstić information content (AvgIpc) is 2.48. The molecule has 20 heavy (non-hydrogen) atoms. The van der Waals surface area contributed by atoms with Gasteiger partial charge in [-0.25, -0.2) is 8.42 Å². The summed E-state index contributed by atoms with van der Waals surface area (Å²) in [4.78, 5) is 0.279. The van der Waals surface area contributed by atoms with E-state index in [2.05, 4.69) is 16.1 Å². The Morgan fingerprint density at radius 3 is 2.60 bits per heavy atom. The van der Waals surface area contributed by atoms with E-state index in [-0.39, 0.29) is 4.90 Å². The van der Waals surface area contributed by atoms with Crippen LogP contribution in [0.3, 0.4) is 0 Å². The Hall–Kier alpha value is -1.85. The number of hydrogen-bond acceptors (Lipinski definition) is 3. The van der Waals surface area contributed by atoms with Gasteiger partial charge in [-0.1, -0.05) is 30.3 Å². The molecule has 2 aromatic carbocycles. The van der Waals surface area contributed by atoms with Crippen molar-refractivity contribution in [2.24, 2.45) is 0 Å². The fraction of sp³-hybridized carbons (Fsp3) is 0.200. The molecule has 2 N–H and O–H groups in total. The highest BCUT2D eigenvalue weighted by atomic mass is 32.2. The van der Waals surface area contributed by atoms with Crippen molar-refractivity contribution in [3.05, 3.63) is 59.7 Å². The van der Waals surface area contributed by atoms with Crippen molar-refractivity contribution in [1.29, 1.82) is 0 Å². The molecule has 1 aliphatic heterocycles. The van der Waals surface area contributed by atoms with Gasteiger partial charge in [0.1, 0.15) is 0 Å². The zero-order valence-electron chi connectivity index (χ0n) is 11.0. The lowest BCUT2D eigenvalue weighted by molar-refractivity contribution is 0.600. The third-order valence-corrected chi connectivity index (χ3v) is 4.83. The highest BCUT2D eigenvalue weighted by molar-refractivity contribution is 7.92. The Morgan fingerprint density at radius 1 is 1.00 bits per heavy atom. The molecule has 0 unspecified atom stereocenters. The topological polar surface area (TPSA) is 58.2 Å². The molecule has 0 bridgehead atoms. The van der Waals surface area contributed by atoms with Crippen molar-refractivity contribution >= 4 is 15.7 Å². The van der Waals surface area contributed by atoms with E-state index in [1.54, 1.807) is 30.3 Å². The van der Waals surface area contributed by atoms with Gasteiger partial charge < -0.3 is 5.32 Å². The molecule has 1 heterocycles. The Kier molecular flexibility index (Phi) is 3.46. The number of benzene rings is 2. The van der Waals surface area contributed by atoms with Crippen molar-refractivity contribution in [2.45, 2.75) is 17.9 Å². The average molecular weight is 288 g/mol. The summed E-state index contributed by atoms with van der Waals surface area (Å²) in [5, 5.41) is 3.27. The number of nitrogens with one attached hydrogen (secondary N) is 2. The van der Waals surface area contributed by atoms with Crippen LogP contribution in [0, 0.1) is 0 Å². The first-order chi connectivity index (χ1) is 9.67. The molecule has 0 fully saturated rings. The number of fused-ring (bicyclic) bond motifs is 1. The van der Waals surface area contributed by atoms with E-state index in [0.29, 0.717) is 12.2 Å². The van der Waals surface area contributed by atoms with Crippen molar-refractivity contribution in [3.8, 4) is 0 Å². The number of rotatable bonds is 3. The van der Waals surface area contributed by atoms with Gasteiger partial charge in [-0.05, 0) is 42.3 Å². The van der Waals surface area contributed by atoms with Crippen molar-refractivity contribution in [1.82, 2.24) is 5.32 Å². The van der Waals surface area contributed by atoms with E-state index in [0.717, 1.165) is 18.5 Å². The molecule has 0 aliphatic carbocycles. The van der Waals surface area contributed by atoms with E-state index >= 15 is 0 Å². The van der Waals surface area contributed by atoms with Gasteiger partial charge >= 0.3 is 0 Å². The number of hydrogen-bond donors (Lipinski definition) is 2. The van der Waals surface area contributed by atoms with E-state index in [1.807, 2.05) is 12.1 Å². The third-order valence-electron chi connectivity index (χ3n) is 3.44. The van der Waals surface area contributed by atoms with Crippen LogP contribution >= 0.6 is 0 Å². The summed E-state index contributed by atoms with van der Waals surface area (Å²) in [5.41, 5.74) is 2.91. The zero-order chi connectivity index (χ0) is 14.0. The molecule has 0 atom stereocenters. The molecule has 104 valence electrons. The molecule has 2 aromatic rings. The van der Waals surface area contributed by atoms with Crippen molar-refractivity contribution in [3.63, 3.8) is 0 Å². The van der Waals surface area contributed by atoms with Crippen LogP contribution in [0.4, 0.5) is 5.69 Å². The fourth-order valence-electron chi connectivity index (χ4n) is 2.41. The lowest BCUT2D eigenvalue weighted by Crippen LogP contribution is -2.25. The molecule has 5 heteroatoms. The minimum absolute atomic E-state index is 0.279. The van der Waals surface area contributed by atoms with Gasteiger partial charge in [0.25, 0.3) is 10.0 Å². The Labute approximate surface area is 118 Å². The lowest BCUT2D eigenvalue weighted by Gasteiger charge is -2.21. The quantitative estimate of drug-likeness (QED) is 0.909. The number of anilines is 1. The summed E-state index contributed by atoms with van der Waals surface area (Å²) in [7, 11) is -3.52. The van der Waals surface area contributed by atoms with Gasteiger partial charge in [-0.15, -0.1) is 0 Å². The van der Waals surface area contributed by atoms with Crippen LogP contribution in [0.5, 0.6) is 0 Å². The van der Waals surface area contributed by atoms with Gasteiger partial charge in [0, 0.05) is 6.54 Å². The molecule has 0 spiro atoms. The minimum Gasteiger partial charge on any atom is -0.312 e. The maximum atomic E-state index is 12.4. The molecule has 0 radical (unpaired) electrons. The van der Waals surface area contributed by atoms with Gasteiger partial charge in [-0.3, -0.25) is 4.72 Å². The first kappa shape index (κ1) is 13.1. The standard InChI is InChI=1S/C15H16N2O2S/c18-20(19,13-6-2-1-3-7-13)17-15-8-4-5-12-9-10-16-11-14(12)15/h1-8,16-17H,9-11H2. The van der Waals surface area contributed by atoms with Crippen LogP contribution in [0.1, 0.15) is 11.1 Å². The van der Waals surface area contributed by atoms with Crippen LogP contribution < -0.4 is 10.0 Å². The van der Waals surface area contributed by atoms with Crippen LogP contribution in [0.2, 0.25) is 0 Å². The van der Waals surface area contributed by atoms with E-state index < -0.39 is 10.0 Å². The van der Waals surface area contributed by atoms with Crippen LogP contribution in [0.25, 0.3) is 0 Å². The zero-order valence-corrected chi connectivity index (χ0v) is 11.8. The third kappa shape index (κ3) is 2.55. The van der Waals surface area contributed by atoms with Crippen LogP contribution in [-0.4, -0.2) is 15.0 Å². The summed E-state index contributed by atoms with van der Waals surface area (Å²) >= 11 is 0. The maximum Gasteiger partial charge on any atom is 0.261 e. The normalized spacial score (nSPS) is 14.6. The van der Waals surface area contributed by atoms with Crippen molar-refractivity contribution < 1.29 is 8.42 Å². The summed E-state index contributed by atoms with van der Waals surface area (Å²) in [5.74, 6) is 0. The lowest BCUT2D eigenvalue weighted by atomic mass is 10.00. The first-order valence-electron chi connectivity index (χ1n) is 6.56. The molecule has 0 saturated carbocycles. The van der Waals surface area contributed by atoms with Crippen LogP contribution in [0.15, 0.2) is 53.4 Å². The Bertz CT molecular complexity index is 712. The second-order valence-corrected chi connectivity index (χ2v) is 6.47. The van der Waals surface area contributed by atoms with Gasteiger partial charge in [-0.2, -0.15) is 0 Å². The Balaban J connectivity index is 1.96. The first-order valence-corrected chi connectivity index (χ1v) is 8.04.